The quantitative estimate of drug-likeness (QED) is 0.599. The number of thioether (sulfide) groups is 1. The minimum absolute atomic E-state index is 0.0870. The van der Waals surface area contributed by atoms with Gasteiger partial charge in [-0.25, -0.2) is 0 Å². The van der Waals surface area contributed by atoms with Crippen LogP contribution in [0.2, 0.25) is 18.1 Å². The summed E-state index contributed by atoms with van der Waals surface area (Å²) in [5, 5.41) is 3.43. The van der Waals surface area contributed by atoms with Gasteiger partial charge >= 0.3 is 0 Å². The van der Waals surface area contributed by atoms with Gasteiger partial charge < -0.3 is 14.5 Å². The molecule has 1 amide bonds. The summed E-state index contributed by atoms with van der Waals surface area (Å²) in [6.45, 7) is 12.8. The van der Waals surface area contributed by atoms with E-state index in [0.717, 1.165) is 25.9 Å². The Morgan fingerprint density at radius 1 is 1.43 bits per heavy atom. The molecule has 0 aromatic heterocycles. The largest absolute Gasteiger partial charge is 0.417 e. The summed E-state index contributed by atoms with van der Waals surface area (Å²) in [7, 11) is -1.70. The predicted octanol–water partition coefficient (Wildman–Crippen LogP) is 3.34. The highest BCUT2D eigenvalue weighted by Gasteiger charge is 2.42. The summed E-state index contributed by atoms with van der Waals surface area (Å²) >= 11 is 1.77. The number of amides is 1. The number of carbonyl (C=O) groups excluding carboxylic acids is 1. The lowest BCUT2D eigenvalue weighted by Gasteiger charge is -2.39. The van der Waals surface area contributed by atoms with Gasteiger partial charge in [-0.05, 0) is 37.4 Å². The van der Waals surface area contributed by atoms with Gasteiger partial charge in [-0.2, -0.15) is 0 Å². The Labute approximate surface area is 133 Å². The van der Waals surface area contributed by atoms with Gasteiger partial charge in [0.1, 0.15) is 5.44 Å². The Hall–Kier alpha value is -0.0431. The summed E-state index contributed by atoms with van der Waals surface area (Å²) in [5.74, 6) is 0.258. The molecule has 2 aliphatic rings. The first-order valence-electron chi connectivity index (χ1n) is 7.92. The van der Waals surface area contributed by atoms with Crippen LogP contribution in [0.3, 0.4) is 0 Å². The molecular weight excluding hydrogens is 302 g/mol. The zero-order valence-electron chi connectivity index (χ0n) is 13.9. The van der Waals surface area contributed by atoms with Crippen LogP contribution in [0, 0.1) is 5.92 Å². The third kappa shape index (κ3) is 4.24. The molecule has 0 aromatic carbocycles. The molecule has 2 aliphatic heterocycles. The van der Waals surface area contributed by atoms with Gasteiger partial charge in [-0.3, -0.25) is 4.79 Å². The van der Waals surface area contributed by atoms with E-state index in [1.807, 2.05) is 0 Å². The van der Waals surface area contributed by atoms with Gasteiger partial charge in [0.2, 0.25) is 5.91 Å². The number of hydrogen-bond acceptors (Lipinski definition) is 4. The Morgan fingerprint density at radius 3 is 2.67 bits per heavy atom. The Morgan fingerprint density at radius 2 is 2.14 bits per heavy atom. The lowest BCUT2D eigenvalue weighted by Crippen LogP contribution is -2.57. The van der Waals surface area contributed by atoms with Gasteiger partial charge in [0.05, 0.1) is 11.3 Å². The van der Waals surface area contributed by atoms with Gasteiger partial charge in [-0.15, -0.1) is 11.8 Å². The first-order valence-corrected chi connectivity index (χ1v) is 11.8. The van der Waals surface area contributed by atoms with E-state index in [2.05, 4.69) is 39.2 Å². The molecule has 1 N–H and O–H groups in total. The number of nitrogens with one attached hydrogen (secondary N) is 1. The molecule has 2 heterocycles. The van der Waals surface area contributed by atoms with Crippen molar-refractivity contribution in [2.24, 2.45) is 5.92 Å². The van der Waals surface area contributed by atoms with Crippen LogP contribution in [-0.2, 0) is 14.0 Å². The average molecular weight is 332 g/mol. The second-order valence-corrected chi connectivity index (χ2v) is 13.6. The average Bonchev–Trinajstić information content (AvgIpc) is 2.85. The van der Waals surface area contributed by atoms with Crippen molar-refractivity contribution in [2.45, 2.75) is 69.0 Å². The number of carbonyl (C=O) groups is 1. The molecule has 21 heavy (non-hydrogen) atoms. The Balaban J connectivity index is 1.75. The van der Waals surface area contributed by atoms with E-state index < -0.39 is 8.32 Å². The van der Waals surface area contributed by atoms with E-state index in [1.165, 1.54) is 0 Å². The van der Waals surface area contributed by atoms with E-state index in [9.17, 15) is 4.79 Å². The molecule has 0 saturated carbocycles. The third-order valence-corrected chi connectivity index (χ3v) is 10.8. The van der Waals surface area contributed by atoms with Gasteiger partial charge in [0.15, 0.2) is 8.32 Å². The zero-order chi connectivity index (χ0) is 15.7. The van der Waals surface area contributed by atoms with Crippen LogP contribution in [0.5, 0.6) is 0 Å². The molecule has 0 unspecified atom stereocenters. The zero-order valence-corrected chi connectivity index (χ0v) is 15.7. The second-order valence-electron chi connectivity index (χ2n) is 7.51. The molecule has 0 bridgehead atoms. The predicted molar refractivity (Wildman–Crippen MR) is 89.8 cm³/mol. The molecule has 0 spiro atoms. The Bertz CT molecular complexity index is 378. The second kappa shape index (κ2) is 6.60. The maximum atomic E-state index is 11.8. The van der Waals surface area contributed by atoms with E-state index in [4.69, 9.17) is 9.16 Å². The first kappa shape index (κ1) is 17.3. The molecular formula is C15H29NO3SSi. The number of ether oxygens (including phenoxy) is 1. The summed E-state index contributed by atoms with van der Waals surface area (Å²) in [5.41, 5.74) is 0.263. The molecule has 2 fully saturated rings. The molecule has 122 valence electrons. The summed E-state index contributed by atoms with van der Waals surface area (Å²) < 4.78 is 11.8. The van der Waals surface area contributed by atoms with Crippen molar-refractivity contribution in [3.63, 3.8) is 0 Å². The van der Waals surface area contributed by atoms with Crippen molar-refractivity contribution in [3.8, 4) is 0 Å². The molecule has 4 nitrogen and oxygen atoms in total. The molecule has 2 rings (SSSR count). The lowest BCUT2D eigenvalue weighted by atomic mass is 9.98. The first-order chi connectivity index (χ1) is 9.71. The van der Waals surface area contributed by atoms with E-state index >= 15 is 0 Å². The summed E-state index contributed by atoms with van der Waals surface area (Å²) in [6.07, 6.45) is 3.06. The van der Waals surface area contributed by atoms with Crippen LogP contribution in [0.1, 0.15) is 40.0 Å². The van der Waals surface area contributed by atoms with Crippen LogP contribution in [0.15, 0.2) is 0 Å². The molecule has 6 heteroatoms. The van der Waals surface area contributed by atoms with Crippen molar-refractivity contribution >= 4 is 26.0 Å². The Kier molecular flexibility index (Phi) is 5.44. The number of hydrogen-bond donors (Lipinski definition) is 1. The molecule has 0 aromatic rings. The van der Waals surface area contributed by atoms with Crippen LogP contribution in [0.25, 0.3) is 0 Å². The van der Waals surface area contributed by atoms with Crippen molar-refractivity contribution in [3.05, 3.63) is 0 Å². The molecule has 0 aliphatic carbocycles. The highest BCUT2D eigenvalue weighted by Crippen LogP contribution is 2.38. The van der Waals surface area contributed by atoms with Crippen molar-refractivity contribution in [2.75, 3.05) is 13.2 Å². The van der Waals surface area contributed by atoms with Crippen molar-refractivity contribution in [1.82, 2.24) is 5.32 Å². The van der Waals surface area contributed by atoms with Gasteiger partial charge in [0, 0.05) is 13.2 Å². The fraction of sp³-hybridized carbons (Fsp3) is 0.933. The lowest BCUT2D eigenvalue weighted by molar-refractivity contribution is -0.132. The highest BCUT2D eigenvalue weighted by atomic mass is 32.2. The third-order valence-electron chi connectivity index (χ3n) is 4.87. The molecule has 2 saturated heterocycles. The standard InChI is InChI=1S/C15H29NO3SSi/c1-15(2,3)21(4,5)19-10-8-11-13(17)16-14(11)20-12-7-6-9-18-12/h11-12,14H,6-10H2,1-5H3,(H,16,17)/t11-,12+,14+/m0/s1. The summed E-state index contributed by atoms with van der Waals surface area (Å²) in [4.78, 5) is 11.8. The van der Waals surface area contributed by atoms with Crippen molar-refractivity contribution in [1.29, 1.82) is 0 Å². The number of β-lactam (4-membered cyclic amide) rings is 1. The van der Waals surface area contributed by atoms with Crippen LogP contribution in [-0.4, -0.2) is 38.2 Å². The van der Waals surface area contributed by atoms with E-state index in [1.54, 1.807) is 11.8 Å². The van der Waals surface area contributed by atoms with Crippen LogP contribution < -0.4 is 5.32 Å². The number of rotatable bonds is 6. The van der Waals surface area contributed by atoms with Gasteiger partial charge in [0.25, 0.3) is 0 Å². The SMILES string of the molecule is CC(C)(C)[Si](C)(C)OCC[C@H]1C(=O)N[C@@H]1S[C@@H]1CCCO1. The minimum atomic E-state index is -1.70. The maximum Gasteiger partial charge on any atom is 0.227 e. The molecule has 0 radical (unpaired) electrons. The topological polar surface area (TPSA) is 47.6 Å². The maximum absolute atomic E-state index is 11.8. The minimum Gasteiger partial charge on any atom is -0.417 e. The normalized spacial score (nSPS) is 30.1. The fourth-order valence-electron chi connectivity index (χ4n) is 2.28. The molecule has 3 atom stereocenters. The van der Waals surface area contributed by atoms with Crippen LogP contribution in [0.4, 0.5) is 0 Å². The summed E-state index contributed by atoms with van der Waals surface area (Å²) in [6, 6.07) is 0. The fourth-order valence-corrected chi connectivity index (χ4v) is 4.78. The van der Waals surface area contributed by atoms with Crippen LogP contribution >= 0.6 is 11.8 Å². The smallest absolute Gasteiger partial charge is 0.227 e. The monoisotopic (exact) mass is 331 g/mol. The highest BCUT2D eigenvalue weighted by molar-refractivity contribution is 8.00. The van der Waals surface area contributed by atoms with Gasteiger partial charge in [-0.1, -0.05) is 20.8 Å². The van der Waals surface area contributed by atoms with E-state index in [0.29, 0.717) is 6.61 Å². The van der Waals surface area contributed by atoms with E-state index in [-0.39, 0.29) is 27.7 Å². The van der Waals surface area contributed by atoms with Crippen molar-refractivity contribution < 1.29 is 14.0 Å².